The molecule has 0 radical (unpaired) electrons. The van der Waals surface area contributed by atoms with Gasteiger partial charge in [-0.1, -0.05) is 30.3 Å². The first-order valence-electron chi connectivity index (χ1n) is 6.39. The fourth-order valence-electron chi connectivity index (χ4n) is 2.00. The molecule has 0 spiro atoms. The van der Waals surface area contributed by atoms with Crippen molar-refractivity contribution in [2.45, 2.75) is 27.3 Å². The maximum absolute atomic E-state index is 12.4. The standard InChI is InChI=1S/C15H18N2O2/c1-4-17(10-13-8-6-5-7-9-13)15(18)14-11(2)16-12(3)19-14/h5-9H,4,10H2,1-3H3. The summed E-state index contributed by atoms with van der Waals surface area (Å²) in [4.78, 5) is 18.3. The predicted octanol–water partition coefficient (Wildman–Crippen LogP) is 2.95. The Balaban J connectivity index is 2.18. The maximum atomic E-state index is 12.4. The topological polar surface area (TPSA) is 46.3 Å². The minimum atomic E-state index is -0.107. The van der Waals surface area contributed by atoms with Gasteiger partial charge in [0.25, 0.3) is 5.91 Å². The minimum absolute atomic E-state index is 0.107. The van der Waals surface area contributed by atoms with E-state index < -0.39 is 0 Å². The van der Waals surface area contributed by atoms with E-state index in [0.717, 1.165) is 5.56 Å². The third kappa shape index (κ3) is 3.02. The van der Waals surface area contributed by atoms with Gasteiger partial charge in [-0.3, -0.25) is 4.79 Å². The molecule has 0 unspecified atom stereocenters. The predicted molar refractivity (Wildman–Crippen MR) is 72.8 cm³/mol. The smallest absolute Gasteiger partial charge is 0.291 e. The molecule has 0 aliphatic heterocycles. The van der Waals surface area contributed by atoms with Gasteiger partial charge in [-0.2, -0.15) is 0 Å². The molecule has 0 aliphatic rings. The van der Waals surface area contributed by atoms with Crippen LogP contribution < -0.4 is 0 Å². The molecular formula is C15H18N2O2. The highest BCUT2D eigenvalue weighted by Gasteiger charge is 2.21. The van der Waals surface area contributed by atoms with Crippen LogP contribution in [0.5, 0.6) is 0 Å². The van der Waals surface area contributed by atoms with E-state index in [1.807, 2.05) is 37.3 Å². The third-order valence-electron chi connectivity index (χ3n) is 2.98. The molecule has 0 saturated heterocycles. The van der Waals surface area contributed by atoms with E-state index in [1.54, 1.807) is 18.7 Å². The molecule has 4 heteroatoms. The number of benzene rings is 1. The molecule has 0 N–H and O–H groups in total. The lowest BCUT2D eigenvalue weighted by Crippen LogP contribution is -2.30. The van der Waals surface area contributed by atoms with Crippen molar-refractivity contribution in [2.75, 3.05) is 6.54 Å². The minimum Gasteiger partial charge on any atom is -0.436 e. The molecule has 4 nitrogen and oxygen atoms in total. The van der Waals surface area contributed by atoms with Gasteiger partial charge in [0, 0.05) is 20.0 Å². The average Bonchev–Trinajstić information content (AvgIpc) is 2.75. The lowest BCUT2D eigenvalue weighted by Gasteiger charge is -2.19. The van der Waals surface area contributed by atoms with Crippen molar-refractivity contribution in [3.8, 4) is 0 Å². The van der Waals surface area contributed by atoms with Crippen molar-refractivity contribution in [1.82, 2.24) is 9.88 Å². The summed E-state index contributed by atoms with van der Waals surface area (Å²) < 4.78 is 5.39. The second-order valence-electron chi connectivity index (χ2n) is 4.45. The number of rotatable bonds is 4. The summed E-state index contributed by atoms with van der Waals surface area (Å²) in [6, 6.07) is 9.92. The van der Waals surface area contributed by atoms with Gasteiger partial charge in [0.15, 0.2) is 5.89 Å². The molecule has 0 fully saturated rings. The molecule has 100 valence electrons. The third-order valence-corrected chi connectivity index (χ3v) is 2.98. The van der Waals surface area contributed by atoms with Crippen molar-refractivity contribution in [1.29, 1.82) is 0 Å². The monoisotopic (exact) mass is 258 g/mol. The molecule has 1 aromatic heterocycles. The Morgan fingerprint density at radius 2 is 1.95 bits per heavy atom. The number of hydrogen-bond acceptors (Lipinski definition) is 3. The zero-order chi connectivity index (χ0) is 13.8. The summed E-state index contributed by atoms with van der Waals surface area (Å²) in [6.07, 6.45) is 0. The van der Waals surface area contributed by atoms with Crippen molar-refractivity contribution in [3.05, 3.63) is 53.2 Å². The second kappa shape index (κ2) is 5.69. The van der Waals surface area contributed by atoms with Crippen LogP contribution in [0.25, 0.3) is 0 Å². The molecule has 0 aliphatic carbocycles. The van der Waals surface area contributed by atoms with Crippen molar-refractivity contribution in [3.63, 3.8) is 0 Å². The van der Waals surface area contributed by atoms with E-state index in [0.29, 0.717) is 30.4 Å². The van der Waals surface area contributed by atoms with Crippen LogP contribution in [0.2, 0.25) is 0 Å². The van der Waals surface area contributed by atoms with Gasteiger partial charge in [-0.05, 0) is 19.4 Å². The maximum Gasteiger partial charge on any atom is 0.291 e. The fraction of sp³-hybridized carbons (Fsp3) is 0.333. The lowest BCUT2D eigenvalue weighted by atomic mass is 10.2. The van der Waals surface area contributed by atoms with Gasteiger partial charge >= 0.3 is 0 Å². The van der Waals surface area contributed by atoms with E-state index in [2.05, 4.69) is 4.98 Å². The second-order valence-corrected chi connectivity index (χ2v) is 4.45. The zero-order valence-electron chi connectivity index (χ0n) is 11.5. The Kier molecular flexibility index (Phi) is 4.00. The van der Waals surface area contributed by atoms with Crippen LogP contribution in [-0.4, -0.2) is 22.3 Å². The number of hydrogen-bond donors (Lipinski definition) is 0. The van der Waals surface area contributed by atoms with Gasteiger partial charge in [0.2, 0.25) is 5.76 Å². The lowest BCUT2D eigenvalue weighted by molar-refractivity contribution is 0.0718. The molecule has 19 heavy (non-hydrogen) atoms. The van der Waals surface area contributed by atoms with E-state index in [1.165, 1.54) is 0 Å². The van der Waals surface area contributed by atoms with Gasteiger partial charge in [-0.15, -0.1) is 0 Å². The Morgan fingerprint density at radius 3 is 2.47 bits per heavy atom. The molecular weight excluding hydrogens is 240 g/mol. The number of aromatic nitrogens is 1. The van der Waals surface area contributed by atoms with Crippen molar-refractivity contribution >= 4 is 5.91 Å². The Hall–Kier alpha value is -2.10. The molecule has 0 atom stereocenters. The highest BCUT2D eigenvalue weighted by atomic mass is 16.4. The van der Waals surface area contributed by atoms with Gasteiger partial charge in [-0.25, -0.2) is 4.98 Å². The average molecular weight is 258 g/mol. The summed E-state index contributed by atoms with van der Waals surface area (Å²) >= 11 is 0. The van der Waals surface area contributed by atoms with E-state index in [9.17, 15) is 4.79 Å². The first-order chi connectivity index (χ1) is 9.11. The highest BCUT2D eigenvalue weighted by molar-refractivity contribution is 5.92. The molecule has 0 saturated carbocycles. The molecule has 1 amide bonds. The van der Waals surface area contributed by atoms with Crippen LogP contribution in [0.15, 0.2) is 34.7 Å². The number of oxazole rings is 1. The van der Waals surface area contributed by atoms with E-state index in [-0.39, 0.29) is 5.91 Å². The van der Waals surface area contributed by atoms with Gasteiger partial charge in [0.05, 0.1) is 5.69 Å². The van der Waals surface area contributed by atoms with Crippen LogP contribution in [0.3, 0.4) is 0 Å². The Labute approximate surface area is 113 Å². The van der Waals surface area contributed by atoms with Crippen molar-refractivity contribution in [2.24, 2.45) is 0 Å². The van der Waals surface area contributed by atoms with Crippen LogP contribution in [0.1, 0.15) is 34.6 Å². The molecule has 1 aromatic carbocycles. The normalized spacial score (nSPS) is 10.5. The molecule has 2 rings (SSSR count). The summed E-state index contributed by atoms with van der Waals surface area (Å²) in [5.41, 5.74) is 1.75. The van der Waals surface area contributed by atoms with Crippen molar-refractivity contribution < 1.29 is 9.21 Å². The Bertz CT molecular complexity index is 561. The summed E-state index contributed by atoms with van der Waals surface area (Å²) in [5, 5.41) is 0. The van der Waals surface area contributed by atoms with Gasteiger partial charge in [0.1, 0.15) is 0 Å². The molecule has 2 aromatic rings. The number of carbonyl (C=O) groups is 1. The highest BCUT2D eigenvalue weighted by Crippen LogP contribution is 2.14. The largest absolute Gasteiger partial charge is 0.436 e. The number of nitrogens with zero attached hydrogens (tertiary/aromatic N) is 2. The number of carbonyl (C=O) groups excluding carboxylic acids is 1. The fourth-order valence-corrected chi connectivity index (χ4v) is 2.00. The molecule has 1 heterocycles. The quantitative estimate of drug-likeness (QED) is 0.847. The van der Waals surface area contributed by atoms with Gasteiger partial charge < -0.3 is 9.32 Å². The molecule has 0 bridgehead atoms. The van der Waals surface area contributed by atoms with Crippen LogP contribution in [0, 0.1) is 13.8 Å². The number of amides is 1. The van der Waals surface area contributed by atoms with Crippen LogP contribution in [0.4, 0.5) is 0 Å². The number of aryl methyl sites for hydroxylation is 2. The first-order valence-corrected chi connectivity index (χ1v) is 6.39. The Morgan fingerprint density at radius 1 is 1.26 bits per heavy atom. The van der Waals surface area contributed by atoms with Crippen LogP contribution in [-0.2, 0) is 6.54 Å². The SMILES string of the molecule is CCN(Cc1ccccc1)C(=O)c1oc(C)nc1C. The first kappa shape index (κ1) is 13.3. The zero-order valence-corrected chi connectivity index (χ0v) is 11.5. The summed E-state index contributed by atoms with van der Waals surface area (Å²) in [7, 11) is 0. The van der Waals surface area contributed by atoms with E-state index in [4.69, 9.17) is 4.42 Å². The van der Waals surface area contributed by atoms with E-state index >= 15 is 0 Å². The van der Waals surface area contributed by atoms with Crippen LogP contribution >= 0.6 is 0 Å². The summed E-state index contributed by atoms with van der Waals surface area (Å²) in [5.74, 6) is 0.761. The summed E-state index contributed by atoms with van der Waals surface area (Å²) in [6.45, 7) is 6.71.